The van der Waals surface area contributed by atoms with Crippen LogP contribution in [0, 0.1) is 11.3 Å². The predicted molar refractivity (Wildman–Crippen MR) is 135 cm³/mol. The maximum Gasteiger partial charge on any atom is 0.333 e. The summed E-state index contributed by atoms with van der Waals surface area (Å²) in [5.74, 6) is -0.0000811. The number of hydrogen-bond donors (Lipinski definition) is 1. The highest BCUT2D eigenvalue weighted by atomic mass is 32.2. The molecule has 0 heterocycles. The van der Waals surface area contributed by atoms with E-state index in [4.69, 9.17) is 9.32 Å². The highest BCUT2D eigenvalue weighted by molar-refractivity contribution is 7.84. The highest BCUT2D eigenvalue weighted by Gasteiger charge is 2.58. The van der Waals surface area contributed by atoms with Gasteiger partial charge in [0.1, 0.15) is 0 Å². The number of rotatable bonds is 10. The molecule has 0 amide bonds. The Bertz CT molecular complexity index is 1110. The summed E-state index contributed by atoms with van der Waals surface area (Å²) in [5.41, 5.74) is 5.74. The van der Waals surface area contributed by atoms with Crippen LogP contribution < -0.4 is 5.14 Å². The third-order valence-electron chi connectivity index (χ3n) is 7.48. The maximum absolute atomic E-state index is 11.9. The highest BCUT2D eigenvalue weighted by Crippen LogP contribution is 2.66. The van der Waals surface area contributed by atoms with Crippen LogP contribution in [-0.4, -0.2) is 14.5 Å². The van der Waals surface area contributed by atoms with Crippen LogP contribution in [0.5, 0.6) is 0 Å². The van der Waals surface area contributed by atoms with E-state index in [0.717, 1.165) is 36.8 Å². The van der Waals surface area contributed by atoms with Gasteiger partial charge in [0.25, 0.3) is 0 Å². The Labute approximate surface area is 198 Å². The van der Waals surface area contributed by atoms with E-state index in [2.05, 4.69) is 49.9 Å². The lowest BCUT2D eigenvalue weighted by Gasteiger charge is -2.37. The Kier molecular flexibility index (Phi) is 7.22. The van der Waals surface area contributed by atoms with Gasteiger partial charge in [-0.15, -0.1) is 0 Å². The molecule has 0 bridgehead atoms. The summed E-state index contributed by atoms with van der Waals surface area (Å²) < 4.78 is 29.3. The lowest BCUT2D eigenvalue weighted by atomic mass is 9.66. The van der Waals surface area contributed by atoms with E-state index in [-0.39, 0.29) is 11.3 Å². The first kappa shape index (κ1) is 23.9. The summed E-state index contributed by atoms with van der Waals surface area (Å²) in [7, 11) is -4.04. The van der Waals surface area contributed by atoms with Crippen LogP contribution >= 0.6 is 0 Å². The number of allylic oxidation sites excluding steroid dienone is 3. The Morgan fingerprint density at radius 1 is 1.06 bits per heavy atom. The molecule has 2 aliphatic rings. The first-order chi connectivity index (χ1) is 15.9. The van der Waals surface area contributed by atoms with Gasteiger partial charge in [-0.25, -0.2) is 5.14 Å². The minimum Gasteiger partial charge on any atom is -0.255 e. The van der Waals surface area contributed by atoms with Crippen LogP contribution in [0.3, 0.4) is 0 Å². The second-order valence-electron chi connectivity index (χ2n) is 9.45. The lowest BCUT2D eigenvalue weighted by Crippen LogP contribution is -2.33. The topological polar surface area (TPSA) is 69.4 Å². The molecular formula is C28H35NO3S. The number of benzene rings is 2. The first-order valence-corrected chi connectivity index (χ1v) is 13.6. The fraction of sp³-hybridized carbons (Fsp3) is 0.429. The molecule has 0 spiro atoms. The Morgan fingerprint density at radius 2 is 1.73 bits per heavy atom. The lowest BCUT2D eigenvalue weighted by molar-refractivity contribution is 0.151. The second kappa shape index (κ2) is 9.96. The normalized spacial score (nSPS) is 24.8. The molecule has 2 aromatic rings. The van der Waals surface area contributed by atoms with E-state index in [1.54, 1.807) is 0 Å². The molecule has 5 heteroatoms. The number of nitrogens with two attached hydrogens (primary N) is 1. The first-order valence-electron chi connectivity index (χ1n) is 12.1. The smallest absolute Gasteiger partial charge is 0.255 e. The van der Waals surface area contributed by atoms with E-state index < -0.39 is 16.4 Å². The largest absolute Gasteiger partial charge is 0.333 e. The third kappa shape index (κ3) is 4.86. The van der Waals surface area contributed by atoms with Gasteiger partial charge in [-0.3, -0.25) is 4.18 Å². The van der Waals surface area contributed by atoms with Crippen LogP contribution in [0.15, 0.2) is 72.8 Å². The van der Waals surface area contributed by atoms with Crippen molar-refractivity contribution in [2.45, 2.75) is 64.4 Å². The molecule has 4 rings (SSSR count). The van der Waals surface area contributed by atoms with Crippen molar-refractivity contribution in [3.05, 3.63) is 83.9 Å². The molecule has 0 saturated heterocycles. The maximum atomic E-state index is 11.9. The van der Waals surface area contributed by atoms with E-state index in [1.807, 2.05) is 24.3 Å². The van der Waals surface area contributed by atoms with Gasteiger partial charge in [-0.2, -0.15) is 8.42 Å². The van der Waals surface area contributed by atoms with Gasteiger partial charge in [-0.1, -0.05) is 99.0 Å². The van der Waals surface area contributed by atoms with Crippen molar-refractivity contribution >= 4 is 21.5 Å². The van der Waals surface area contributed by atoms with Gasteiger partial charge in [0.2, 0.25) is 0 Å². The zero-order valence-electron chi connectivity index (χ0n) is 19.5. The van der Waals surface area contributed by atoms with Crippen molar-refractivity contribution in [3.8, 4) is 0 Å². The summed E-state index contributed by atoms with van der Waals surface area (Å²) in [6, 6.07) is 20.8. The zero-order valence-corrected chi connectivity index (χ0v) is 20.3. The molecule has 1 saturated carbocycles. The van der Waals surface area contributed by atoms with E-state index in [9.17, 15) is 8.42 Å². The van der Waals surface area contributed by atoms with E-state index in [0.29, 0.717) is 6.42 Å². The predicted octanol–water partition coefficient (Wildman–Crippen LogP) is 6.51. The SMILES string of the molecule is C=C(c1ccccc1)[C@@]12CC[C@H](OS(N)(=O)=O)C1CC(CCCCCC)=C2c1ccccc1. The standard InChI is InChI=1S/C28H35NO3S/c1-3-4-5-8-17-24-20-25-26(32-33(29,30)31)18-19-28(25,21(2)22-13-9-6-10-14-22)27(24)23-15-11-7-12-16-23/h6-7,9-16,25-26H,2-5,8,17-20H2,1H3,(H2,29,30,31)/t25?,26-,28-/m0/s1. The Hall–Kier alpha value is -2.21. The molecule has 33 heavy (non-hydrogen) atoms. The summed E-state index contributed by atoms with van der Waals surface area (Å²) in [6.45, 7) is 6.85. The van der Waals surface area contributed by atoms with Gasteiger partial charge in [-0.05, 0) is 54.4 Å². The van der Waals surface area contributed by atoms with Crippen molar-refractivity contribution < 1.29 is 12.6 Å². The fourth-order valence-electron chi connectivity index (χ4n) is 6.14. The summed E-state index contributed by atoms with van der Waals surface area (Å²) in [4.78, 5) is 0. The Morgan fingerprint density at radius 3 is 2.36 bits per heavy atom. The van der Waals surface area contributed by atoms with E-state index in [1.165, 1.54) is 36.0 Å². The molecular weight excluding hydrogens is 430 g/mol. The second-order valence-corrected chi connectivity index (χ2v) is 10.6. The van der Waals surface area contributed by atoms with E-state index >= 15 is 0 Å². The van der Waals surface area contributed by atoms with Gasteiger partial charge in [0.15, 0.2) is 0 Å². The molecule has 3 atom stereocenters. The third-order valence-corrected chi connectivity index (χ3v) is 8.00. The average Bonchev–Trinajstić information content (AvgIpc) is 3.31. The number of hydrogen-bond acceptors (Lipinski definition) is 3. The quantitative estimate of drug-likeness (QED) is 0.407. The summed E-state index contributed by atoms with van der Waals surface area (Å²) in [6.07, 6.45) is 7.63. The molecule has 0 radical (unpaired) electrons. The summed E-state index contributed by atoms with van der Waals surface area (Å²) >= 11 is 0. The molecule has 1 fully saturated rings. The van der Waals surface area contributed by atoms with Gasteiger partial charge in [0, 0.05) is 11.3 Å². The van der Waals surface area contributed by atoms with Crippen LogP contribution in [-0.2, 0) is 14.5 Å². The van der Waals surface area contributed by atoms with Crippen molar-refractivity contribution in [3.63, 3.8) is 0 Å². The minimum absolute atomic E-state index is 0.0000811. The molecule has 4 nitrogen and oxygen atoms in total. The molecule has 0 aliphatic heterocycles. The van der Waals surface area contributed by atoms with Crippen LogP contribution in [0.1, 0.15) is 69.4 Å². The summed E-state index contributed by atoms with van der Waals surface area (Å²) in [5, 5.41) is 5.34. The zero-order chi connectivity index (χ0) is 23.5. The Balaban J connectivity index is 1.83. The molecule has 2 aromatic carbocycles. The molecule has 1 unspecified atom stereocenters. The minimum atomic E-state index is -4.04. The van der Waals surface area contributed by atoms with Crippen molar-refractivity contribution in [2.24, 2.45) is 16.5 Å². The van der Waals surface area contributed by atoms with Crippen molar-refractivity contribution in [2.75, 3.05) is 0 Å². The van der Waals surface area contributed by atoms with Gasteiger partial charge in [0.05, 0.1) is 6.10 Å². The number of unbranched alkanes of at least 4 members (excludes halogenated alkanes) is 3. The molecule has 176 valence electrons. The monoisotopic (exact) mass is 465 g/mol. The molecule has 2 N–H and O–H groups in total. The molecule has 0 aromatic heterocycles. The van der Waals surface area contributed by atoms with Crippen LogP contribution in [0.4, 0.5) is 0 Å². The molecule has 2 aliphatic carbocycles. The van der Waals surface area contributed by atoms with Gasteiger partial charge < -0.3 is 0 Å². The van der Waals surface area contributed by atoms with Crippen LogP contribution in [0.25, 0.3) is 11.1 Å². The van der Waals surface area contributed by atoms with Crippen molar-refractivity contribution in [1.29, 1.82) is 0 Å². The van der Waals surface area contributed by atoms with Gasteiger partial charge >= 0.3 is 10.3 Å². The van der Waals surface area contributed by atoms with Crippen LogP contribution in [0.2, 0.25) is 0 Å². The number of fused-ring (bicyclic) bond motifs is 1. The fourth-order valence-corrected chi connectivity index (χ4v) is 6.72. The average molecular weight is 466 g/mol. The van der Waals surface area contributed by atoms with Crippen molar-refractivity contribution in [1.82, 2.24) is 0 Å².